The van der Waals surface area contributed by atoms with Crippen LogP contribution in [0.4, 0.5) is 0 Å². The molecule has 0 saturated heterocycles. The van der Waals surface area contributed by atoms with Gasteiger partial charge in [0.05, 0.1) is 7.11 Å². The van der Waals surface area contributed by atoms with Gasteiger partial charge in [-0.1, -0.05) is 56.2 Å². The molecule has 0 aromatic heterocycles. The number of methoxy groups -OCH3 is 1. The van der Waals surface area contributed by atoms with Crippen molar-refractivity contribution in [3.63, 3.8) is 0 Å². The molecule has 0 bridgehead atoms. The van der Waals surface area contributed by atoms with Gasteiger partial charge in [-0.15, -0.1) is 0 Å². The molecule has 0 radical (unpaired) electrons. The fourth-order valence-electron chi connectivity index (χ4n) is 4.28. The van der Waals surface area contributed by atoms with Crippen LogP contribution in [0.25, 0.3) is 0 Å². The van der Waals surface area contributed by atoms with Crippen molar-refractivity contribution in [2.75, 3.05) is 7.11 Å². The Morgan fingerprint density at radius 2 is 1.75 bits per heavy atom. The van der Waals surface area contributed by atoms with Gasteiger partial charge >= 0.3 is 0 Å². The van der Waals surface area contributed by atoms with Crippen LogP contribution in [0.15, 0.2) is 48.5 Å². The van der Waals surface area contributed by atoms with E-state index in [4.69, 9.17) is 4.74 Å². The average Bonchev–Trinajstić information content (AvgIpc) is 3.34. The summed E-state index contributed by atoms with van der Waals surface area (Å²) in [7, 11) is 1.63. The highest BCUT2D eigenvalue weighted by Gasteiger charge is 2.28. The first-order valence-corrected chi connectivity index (χ1v) is 11.8. The summed E-state index contributed by atoms with van der Waals surface area (Å²) < 4.78 is 5.33. The van der Waals surface area contributed by atoms with Crippen molar-refractivity contribution in [2.45, 2.75) is 77.4 Å². The summed E-state index contributed by atoms with van der Waals surface area (Å²) in [6, 6.07) is 15.8. The minimum Gasteiger partial charge on any atom is -0.497 e. The van der Waals surface area contributed by atoms with Crippen LogP contribution >= 0.6 is 0 Å². The van der Waals surface area contributed by atoms with E-state index in [-0.39, 0.29) is 17.9 Å². The molecule has 1 atom stereocenters. The molecule has 5 nitrogen and oxygen atoms in total. The molecule has 1 N–H and O–H groups in total. The number of benzene rings is 2. The summed E-state index contributed by atoms with van der Waals surface area (Å²) in [4.78, 5) is 28.0. The molecule has 3 rings (SSSR count). The number of hydrogen-bond donors (Lipinski definition) is 1. The second kappa shape index (κ2) is 11.7. The lowest BCUT2D eigenvalue weighted by Crippen LogP contribution is -2.49. The first kappa shape index (κ1) is 23.8. The van der Waals surface area contributed by atoms with Crippen molar-refractivity contribution >= 4 is 11.8 Å². The van der Waals surface area contributed by atoms with Gasteiger partial charge < -0.3 is 15.0 Å². The number of amides is 2. The van der Waals surface area contributed by atoms with Crippen LogP contribution in [0, 0.1) is 0 Å². The monoisotopic (exact) mass is 436 g/mol. The van der Waals surface area contributed by atoms with Crippen molar-refractivity contribution in [1.82, 2.24) is 10.2 Å². The standard InChI is InChI=1S/C27H36N2O3/c1-4-21-12-14-22(15-13-21)16-17-26(30)29(19-23-8-7-11-25(18-23)32-3)20(2)27(31)28-24-9-5-6-10-24/h7-8,11-15,18,20,24H,4-6,9-10,16-17,19H2,1-3H3,(H,28,31)/t20-/m1/s1. The van der Waals surface area contributed by atoms with Crippen molar-refractivity contribution in [3.8, 4) is 5.75 Å². The molecule has 2 aromatic rings. The Balaban J connectivity index is 1.71. The van der Waals surface area contributed by atoms with Crippen LogP contribution in [0.5, 0.6) is 5.75 Å². The number of nitrogens with one attached hydrogen (secondary N) is 1. The lowest BCUT2D eigenvalue weighted by Gasteiger charge is -2.30. The lowest BCUT2D eigenvalue weighted by molar-refractivity contribution is -0.140. The highest BCUT2D eigenvalue weighted by molar-refractivity contribution is 5.87. The molecule has 32 heavy (non-hydrogen) atoms. The second-order valence-corrected chi connectivity index (χ2v) is 8.71. The van der Waals surface area contributed by atoms with Gasteiger partial charge in [-0.2, -0.15) is 0 Å². The predicted octanol–water partition coefficient (Wildman–Crippen LogP) is 4.67. The fourth-order valence-corrected chi connectivity index (χ4v) is 4.28. The van der Waals surface area contributed by atoms with E-state index in [0.29, 0.717) is 19.4 Å². The van der Waals surface area contributed by atoms with Crippen LogP contribution in [0.1, 0.15) is 62.6 Å². The Kier molecular flexibility index (Phi) is 8.72. The van der Waals surface area contributed by atoms with E-state index >= 15 is 0 Å². The molecule has 1 saturated carbocycles. The summed E-state index contributed by atoms with van der Waals surface area (Å²) in [5, 5.41) is 3.15. The van der Waals surface area contributed by atoms with E-state index in [0.717, 1.165) is 49.0 Å². The molecule has 2 amide bonds. The molecule has 5 heteroatoms. The van der Waals surface area contributed by atoms with Crippen LogP contribution in [0.2, 0.25) is 0 Å². The smallest absolute Gasteiger partial charge is 0.242 e. The van der Waals surface area contributed by atoms with E-state index in [9.17, 15) is 9.59 Å². The zero-order valence-corrected chi connectivity index (χ0v) is 19.6. The summed E-state index contributed by atoms with van der Waals surface area (Å²) >= 11 is 0. The van der Waals surface area contributed by atoms with Gasteiger partial charge in [0.1, 0.15) is 11.8 Å². The highest BCUT2D eigenvalue weighted by atomic mass is 16.5. The fraction of sp³-hybridized carbons (Fsp3) is 0.481. The van der Waals surface area contributed by atoms with Gasteiger partial charge in [-0.3, -0.25) is 9.59 Å². The summed E-state index contributed by atoms with van der Waals surface area (Å²) in [6.07, 6.45) is 6.39. The summed E-state index contributed by atoms with van der Waals surface area (Å²) in [6.45, 7) is 4.34. The normalized spacial score (nSPS) is 14.7. The lowest BCUT2D eigenvalue weighted by atomic mass is 10.0. The first-order valence-electron chi connectivity index (χ1n) is 11.8. The molecule has 0 aliphatic heterocycles. The predicted molar refractivity (Wildman–Crippen MR) is 128 cm³/mol. The van der Waals surface area contributed by atoms with Crippen LogP contribution in [-0.4, -0.2) is 35.9 Å². The molecule has 1 aliphatic carbocycles. The number of hydrogen-bond acceptors (Lipinski definition) is 3. The van der Waals surface area contributed by atoms with E-state index in [1.807, 2.05) is 31.2 Å². The van der Waals surface area contributed by atoms with Gasteiger partial charge in [-0.25, -0.2) is 0 Å². The Morgan fingerprint density at radius 1 is 1.06 bits per heavy atom. The Labute approximate surface area is 192 Å². The van der Waals surface area contributed by atoms with Crippen molar-refractivity contribution < 1.29 is 14.3 Å². The third kappa shape index (κ3) is 6.59. The first-order chi connectivity index (χ1) is 15.5. The SMILES string of the molecule is CCc1ccc(CCC(=O)N(Cc2cccc(OC)c2)[C@H](C)C(=O)NC2CCCC2)cc1. The van der Waals surface area contributed by atoms with Gasteiger partial charge in [-0.05, 0) is 61.4 Å². The number of carbonyl (C=O) groups excluding carboxylic acids is 2. The van der Waals surface area contributed by atoms with Gasteiger partial charge in [0.2, 0.25) is 11.8 Å². The number of rotatable bonds is 10. The summed E-state index contributed by atoms with van der Waals surface area (Å²) in [5.74, 6) is 0.663. The quantitative estimate of drug-likeness (QED) is 0.589. The zero-order chi connectivity index (χ0) is 22.9. The van der Waals surface area contributed by atoms with Crippen LogP contribution < -0.4 is 10.1 Å². The Hall–Kier alpha value is -2.82. The van der Waals surface area contributed by atoms with Gasteiger partial charge in [0.15, 0.2) is 0 Å². The molecule has 0 unspecified atom stereocenters. The van der Waals surface area contributed by atoms with Crippen molar-refractivity contribution in [2.24, 2.45) is 0 Å². The molecular formula is C27H36N2O3. The van der Waals surface area contributed by atoms with Crippen molar-refractivity contribution in [1.29, 1.82) is 0 Å². The minimum absolute atomic E-state index is 0.0125. The Morgan fingerprint density at radius 3 is 2.41 bits per heavy atom. The zero-order valence-electron chi connectivity index (χ0n) is 19.6. The van der Waals surface area contributed by atoms with Crippen LogP contribution in [-0.2, 0) is 29.0 Å². The van der Waals surface area contributed by atoms with Crippen LogP contribution in [0.3, 0.4) is 0 Å². The molecule has 1 fully saturated rings. The molecule has 2 aromatic carbocycles. The third-order valence-corrected chi connectivity index (χ3v) is 6.41. The molecular weight excluding hydrogens is 400 g/mol. The van der Waals surface area contributed by atoms with E-state index in [2.05, 4.69) is 36.5 Å². The molecule has 1 aliphatic rings. The van der Waals surface area contributed by atoms with Gasteiger partial charge in [0.25, 0.3) is 0 Å². The maximum atomic E-state index is 13.3. The topological polar surface area (TPSA) is 58.6 Å². The Bertz CT molecular complexity index is 888. The maximum Gasteiger partial charge on any atom is 0.242 e. The minimum atomic E-state index is -0.531. The maximum absolute atomic E-state index is 13.3. The number of ether oxygens (including phenoxy) is 1. The van der Waals surface area contributed by atoms with Gasteiger partial charge in [0, 0.05) is 19.0 Å². The second-order valence-electron chi connectivity index (χ2n) is 8.71. The molecule has 172 valence electrons. The average molecular weight is 437 g/mol. The largest absolute Gasteiger partial charge is 0.497 e. The molecule has 0 spiro atoms. The van der Waals surface area contributed by atoms with E-state index in [1.54, 1.807) is 12.0 Å². The highest BCUT2D eigenvalue weighted by Crippen LogP contribution is 2.20. The summed E-state index contributed by atoms with van der Waals surface area (Å²) in [5.41, 5.74) is 3.38. The van der Waals surface area contributed by atoms with E-state index < -0.39 is 6.04 Å². The number of carbonyl (C=O) groups is 2. The van der Waals surface area contributed by atoms with Crippen molar-refractivity contribution in [3.05, 3.63) is 65.2 Å². The van der Waals surface area contributed by atoms with E-state index in [1.165, 1.54) is 5.56 Å². The third-order valence-electron chi connectivity index (χ3n) is 6.41. The number of aryl methyl sites for hydroxylation is 2. The molecule has 0 heterocycles. The number of nitrogens with zero attached hydrogens (tertiary/aromatic N) is 1.